The van der Waals surface area contributed by atoms with Crippen LogP contribution >= 0.6 is 0 Å². The molecular formula is C22H25N5O4. The van der Waals surface area contributed by atoms with E-state index in [9.17, 15) is 9.59 Å². The van der Waals surface area contributed by atoms with Gasteiger partial charge in [0.1, 0.15) is 22.7 Å². The predicted molar refractivity (Wildman–Crippen MR) is 116 cm³/mol. The van der Waals surface area contributed by atoms with Gasteiger partial charge in [0.2, 0.25) is 5.88 Å². The first-order chi connectivity index (χ1) is 14.8. The van der Waals surface area contributed by atoms with Gasteiger partial charge in [-0.2, -0.15) is 0 Å². The number of anilines is 1. The third-order valence-electron chi connectivity index (χ3n) is 5.64. The maximum absolute atomic E-state index is 13.3. The van der Waals surface area contributed by atoms with E-state index in [4.69, 9.17) is 9.47 Å². The molecule has 2 aromatic heterocycles. The van der Waals surface area contributed by atoms with Gasteiger partial charge in [-0.3, -0.25) is 9.59 Å². The zero-order chi connectivity index (χ0) is 22.2. The minimum absolute atomic E-state index is 0.240. The number of hydrogen-bond donors (Lipinski definition) is 3. The van der Waals surface area contributed by atoms with E-state index in [0.717, 1.165) is 19.3 Å². The fraction of sp³-hybridized carbons (Fsp3) is 0.364. The zero-order valence-corrected chi connectivity index (χ0v) is 18.0. The Bertz CT molecular complexity index is 1170. The molecule has 0 spiro atoms. The van der Waals surface area contributed by atoms with Gasteiger partial charge in [0.25, 0.3) is 11.8 Å². The average Bonchev–Trinajstić information content (AvgIpc) is 3.11. The Morgan fingerprint density at radius 3 is 2.58 bits per heavy atom. The number of ether oxygens (including phenoxy) is 2. The fourth-order valence-electron chi connectivity index (χ4n) is 3.76. The second-order valence-corrected chi connectivity index (χ2v) is 7.96. The number of methoxy groups -OCH3 is 2. The summed E-state index contributed by atoms with van der Waals surface area (Å²) in [6, 6.07) is 5.02. The molecule has 162 valence electrons. The third-order valence-corrected chi connectivity index (χ3v) is 5.64. The van der Waals surface area contributed by atoms with E-state index in [0.29, 0.717) is 22.6 Å². The molecule has 2 amide bonds. The van der Waals surface area contributed by atoms with Gasteiger partial charge in [-0.05, 0) is 45.2 Å². The van der Waals surface area contributed by atoms with Crippen molar-refractivity contribution in [2.45, 2.75) is 38.6 Å². The number of hydrogen-bond acceptors (Lipinski definition) is 6. The van der Waals surface area contributed by atoms with Crippen molar-refractivity contribution in [1.82, 2.24) is 20.3 Å². The zero-order valence-electron chi connectivity index (χ0n) is 18.0. The molecule has 0 aliphatic heterocycles. The summed E-state index contributed by atoms with van der Waals surface area (Å²) in [7, 11) is 2.96. The predicted octanol–water partition coefficient (Wildman–Crippen LogP) is 3.21. The Morgan fingerprint density at radius 2 is 1.94 bits per heavy atom. The highest BCUT2D eigenvalue weighted by Crippen LogP contribution is 2.32. The molecule has 1 aliphatic carbocycles. The molecule has 0 saturated heterocycles. The van der Waals surface area contributed by atoms with Crippen LogP contribution < -0.4 is 20.1 Å². The Kier molecular flexibility index (Phi) is 5.26. The number of amides is 2. The summed E-state index contributed by atoms with van der Waals surface area (Å²) in [6.07, 6.45) is 4.32. The molecule has 0 atom stereocenters. The SMILES string of the molecule is COc1cc(C(=O)NC2(C)CCC2)c(NC(=O)c2c(OC)ccc3[nH]c(C)nc23)cn1. The minimum atomic E-state index is -0.454. The molecule has 1 aromatic carbocycles. The lowest BCUT2D eigenvalue weighted by Crippen LogP contribution is -2.51. The highest BCUT2D eigenvalue weighted by atomic mass is 16.5. The molecule has 1 saturated carbocycles. The van der Waals surface area contributed by atoms with Crippen molar-refractivity contribution in [2.75, 3.05) is 19.5 Å². The quantitative estimate of drug-likeness (QED) is 0.560. The number of carbonyl (C=O) groups is 2. The van der Waals surface area contributed by atoms with Crippen LogP contribution in [0, 0.1) is 6.92 Å². The van der Waals surface area contributed by atoms with Gasteiger partial charge < -0.3 is 25.1 Å². The van der Waals surface area contributed by atoms with Crippen molar-refractivity contribution in [3.8, 4) is 11.6 Å². The van der Waals surface area contributed by atoms with E-state index in [-0.39, 0.29) is 34.1 Å². The molecule has 1 fully saturated rings. The second kappa shape index (κ2) is 7.90. The molecule has 9 heteroatoms. The number of H-pyrrole nitrogens is 1. The number of pyridine rings is 1. The second-order valence-electron chi connectivity index (χ2n) is 7.96. The van der Waals surface area contributed by atoms with Crippen LogP contribution in [0.5, 0.6) is 11.6 Å². The molecule has 4 rings (SSSR count). The van der Waals surface area contributed by atoms with Crippen molar-refractivity contribution in [3.63, 3.8) is 0 Å². The minimum Gasteiger partial charge on any atom is -0.496 e. The van der Waals surface area contributed by atoms with E-state index in [1.165, 1.54) is 26.5 Å². The van der Waals surface area contributed by atoms with Gasteiger partial charge in [0.05, 0.1) is 37.2 Å². The van der Waals surface area contributed by atoms with Gasteiger partial charge in [-0.15, -0.1) is 0 Å². The summed E-state index contributed by atoms with van der Waals surface area (Å²) < 4.78 is 10.6. The molecule has 0 radical (unpaired) electrons. The van der Waals surface area contributed by atoms with E-state index < -0.39 is 5.91 Å². The first kappa shape index (κ1) is 20.6. The first-order valence-corrected chi connectivity index (χ1v) is 10.0. The van der Waals surface area contributed by atoms with Gasteiger partial charge in [0, 0.05) is 11.6 Å². The first-order valence-electron chi connectivity index (χ1n) is 10.0. The van der Waals surface area contributed by atoms with E-state index >= 15 is 0 Å². The molecule has 3 N–H and O–H groups in total. The summed E-state index contributed by atoms with van der Waals surface area (Å²) in [5.41, 5.74) is 1.79. The van der Waals surface area contributed by atoms with Crippen LogP contribution in [-0.4, -0.2) is 46.5 Å². The average molecular weight is 423 g/mol. The monoisotopic (exact) mass is 423 g/mol. The van der Waals surface area contributed by atoms with Gasteiger partial charge in [-0.25, -0.2) is 9.97 Å². The van der Waals surface area contributed by atoms with Crippen LogP contribution in [0.4, 0.5) is 5.69 Å². The summed E-state index contributed by atoms with van der Waals surface area (Å²) in [5, 5.41) is 5.86. The number of nitrogens with one attached hydrogen (secondary N) is 3. The van der Waals surface area contributed by atoms with E-state index in [1.807, 2.05) is 13.8 Å². The fourth-order valence-corrected chi connectivity index (χ4v) is 3.76. The molecule has 3 aromatic rings. The number of fused-ring (bicyclic) bond motifs is 1. The Hall–Kier alpha value is -3.62. The maximum atomic E-state index is 13.3. The number of carbonyl (C=O) groups excluding carboxylic acids is 2. The van der Waals surface area contributed by atoms with Crippen LogP contribution in [0.1, 0.15) is 52.7 Å². The number of nitrogens with zero attached hydrogens (tertiary/aromatic N) is 2. The van der Waals surface area contributed by atoms with Crippen LogP contribution in [0.2, 0.25) is 0 Å². The number of aromatic amines is 1. The van der Waals surface area contributed by atoms with Gasteiger partial charge >= 0.3 is 0 Å². The normalized spacial score (nSPS) is 14.6. The molecule has 1 aliphatic rings. The van der Waals surface area contributed by atoms with E-state index in [2.05, 4.69) is 25.6 Å². The summed E-state index contributed by atoms with van der Waals surface area (Å²) >= 11 is 0. The number of imidazole rings is 1. The standard InChI is InChI=1S/C22H25N5O4/c1-12-24-14-6-7-16(30-3)18(19(14)25-12)21(29)26-15-11-23-17(31-4)10-13(15)20(28)27-22(2)8-5-9-22/h6-7,10-11H,5,8-9H2,1-4H3,(H,24,25)(H,26,29)(H,27,28). The van der Waals surface area contributed by atoms with Crippen molar-refractivity contribution in [1.29, 1.82) is 0 Å². The molecular weight excluding hydrogens is 398 g/mol. The lowest BCUT2D eigenvalue weighted by molar-refractivity contribution is 0.0851. The van der Waals surface area contributed by atoms with Crippen LogP contribution in [0.15, 0.2) is 24.4 Å². The maximum Gasteiger partial charge on any atom is 0.261 e. The van der Waals surface area contributed by atoms with Crippen LogP contribution in [0.3, 0.4) is 0 Å². The molecule has 31 heavy (non-hydrogen) atoms. The highest BCUT2D eigenvalue weighted by Gasteiger charge is 2.34. The summed E-state index contributed by atoms with van der Waals surface area (Å²) in [5.74, 6) is 0.594. The summed E-state index contributed by atoms with van der Waals surface area (Å²) in [4.78, 5) is 38.0. The van der Waals surface area contributed by atoms with Crippen molar-refractivity contribution in [2.24, 2.45) is 0 Å². The topological polar surface area (TPSA) is 118 Å². The number of aromatic nitrogens is 3. The summed E-state index contributed by atoms with van der Waals surface area (Å²) in [6.45, 7) is 3.82. The van der Waals surface area contributed by atoms with Gasteiger partial charge in [-0.1, -0.05) is 0 Å². The molecule has 9 nitrogen and oxygen atoms in total. The molecule has 2 heterocycles. The Balaban J connectivity index is 1.70. The molecule has 0 unspecified atom stereocenters. The van der Waals surface area contributed by atoms with Crippen LogP contribution in [0.25, 0.3) is 11.0 Å². The number of benzene rings is 1. The smallest absolute Gasteiger partial charge is 0.261 e. The highest BCUT2D eigenvalue weighted by molar-refractivity contribution is 6.15. The van der Waals surface area contributed by atoms with Gasteiger partial charge in [0.15, 0.2) is 0 Å². The van der Waals surface area contributed by atoms with Crippen LogP contribution in [-0.2, 0) is 0 Å². The van der Waals surface area contributed by atoms with E-state index in [1.54, 1.807) is 12.1 Å². The number of aryl methyl sites for hydroxylation is 1. The Morgan fingerprint density at radius 1 is 1.16 bits per heavy atom. The largest absolute Gasteiger partial charge is 0.496 e. The molecule has 0 bridgehead atoms. The van der Waals surface area contributed by atoms with Crippen molar-refractivity contribution >= 4 is 28.5 Å². The van der Waals surface area contributed by atoms with Crippen molar-refractivity contribution < 1.29 is 19.1 Å². The number of rotatable bonds is 6. The third kappa shape index (κ3) is 3.90. The lowest BCUT2D eigenvalue weighted by Gasteiger charge is -2.39. The lowest BCUT2D eigenvalue weighted by atomic mass is 9.78. The van der Waals surface area contributed by atoms with Crippen molar-refractivity contribution in [3.05, 3.63) is 41.3 Å². The Labute approximate surface area is 179 Å².